The highest BCUT2D eigenvalue weighted by molar-refractivity contribution is 14.0. The zero-order valence-corrected chi connectivity index (χ0v) is 18.3. The van der Waals surface area contributed by atoms with Crippen LogP contribution in [-0.2, 0) is 16.1 Å². The molecule has 7 nitrogen and oxygen atoms in total. The smallest absolute Gasteiger partial charge is 0.308 e. The highest BCUT2D eigenvalue weighted by Crippen LogP contribution is 2.29. The van der Waals surface area contributed by atoms with Gasteiger partial charge in [-0.2, -0.15) is 0 Å². The van der Waals surface area contributed by atoms with Crippen LogP contribution in [0.3, 0.4) is 0 Å². The van der Waals surface area contributed by atoms with Crippen molar-refractivity contribution in [2.75, 3.05) is 33.9 Å². The summed E-state index contributed by atoms with van der Waals surface area (Å²) in [6.07, 6.45) is 5.98. The topological polar surface area (TPSA) is 76.1 Å². The fourth-order valence-electron chi connectivity index (χ4n) is 3.10. The number of likely N-dealkylation sites (tertiary alicyclic amines) is 1. The van der Waals surface area contributed by atoms with Gasteiger partial charge in [0.1, 0.15) is 0 Å². The number of pyridine rings is 1. The van der Waals surface area contributed by atoms with Gasteiger partial charge >= 0.3 is 5.97 Å². The predicted octanol–water partition coefficient (Wildman–Crippen LogP) is 2.45. The zero-order chi connectivity index (χ0) is 18.4. The Labute approximate surface area is 177 Å². The van der Waals surface area contributed by atoms with Crippen molar-refractivity contribution in [3.05, 3.63) is 23.9 Å². The number of hydrogen-bond acceptors (Lipinski definition) is 5. The molecule has 2 heterocycles. The first kappa shape index (κ1) is 21.7. The number of halogens is 1. The van der Waals surface area contributed by atoms with E-state index >= 15 is 0 Å². The van der Waals surface area contributed by atoms with Gasteiger partial charge in [-0.15, -0.1) is 24.0 Å². The molecule has 0 bridgehead atoms. The molecule has 0 amide bonds. The van der Waals surface area contributed by atoms with Crippen LogP contribution in [0, 0.1) is 11.8 Å². The van der Waals surface area contributed by atoms with Crippen LogP contribution in [0.2, 0.25) is 0 Å². The highest BCUT2D eigenvalue weighted by Gasteiger charge is 2.27. The van der Waals surface area contributed by atoms with Crippen molar-refractivity contribution < 1.29 is 14.3 Å². The van der Waals surface area contributed by atoms with Gasteiger partial charge in [0.2, 0.25) is 5.88 Å². The second kappa shape index (κ2) is 10.7. The largest absolute Gasteiger partial charge is 0.477 e. The Morgan fingerprint density at radius 1 is 1.30 bits per heavy atom. The number of guanidine groups is 1. The zero-order valence-electron chi connectivity index (χ0n) is 16.0. The number of nitrogens with one attached hydrogen (secondary N) is 1. The van der Waals surface area contributed by atoms with Crippen LogP contribution >= 0.6 is 24.0 Å². The van der Waals surface area contributed by atoms with Crippen LogP contribution in [-0.4, -0.2) is 55.7 Å². The quantitative estimate of drug-likeness (QED) is 0.287. The van der Waals surface area contributed by atoms with E-state index in [9.17, 15) is 4.79 Å². The number of nitrogens with zero attached hydrogens (tertiary/aromatic N) is 3. The molecule has 3 rings (SSSR count). The Morgan fingerprint density at radius 3 is 2.59 bits per heavy atom. The molecule has 1 saturated heterocycles. The maximum Gasteiger partial charge on any atom is 0.308 e. The fraction of sp³-hybridized carbons (Fsp3) is 0.632. The number of aliphatic imine (C=N–C) groups is 1. The SMILES string of the molecule is CN=C(NCc1ccc(OCC2CC2)nc1)N1CCC(C(=O)OC)CC1.I. The van der Waals surface area contributed by atoms with Gasteiger partial charge in [0, 0.05) is 38.9 Å². The van der Waals surface area contributed by atoms with E-state index < -0.39 is 0 Å². The molecule has 1 aromatic rings. The summed E-state index contributed by atoms with van der Waals surface area (Å²) in [5.74, 6) is 2.16. The maximum absolute atomic E-state index is 11.6. The van der Waals surface area contributed by atoms with Crippen molar-refractivity contribution in [1.82, 2.24) is 15.2 Å². The number of ether oxygens (including phenoxy) is 2. The van der Waals surface area contributed by atoms with E-state index in [0.29, 0.717) is 12.4 Å². The summed E-state index contributed by atoms with van der Waals surface area (Å²) >= 11 is 0. The number of hydrogen-bond donors (Lipinski definition) is 1. The molecule has 2 fully saturated rings. The molecule has 150 valence electrons. The molecule has 1 aliphatic heterocycles. The first-order valence-electron chi connectivity index (χ1n) is 9.30. The van der Waals surface area contributed by atoms with E-state index in [0.717, 1.165) is 50.0 Å². The average Bonchev–Trinajstić information content (AvgIpc) is 3.52. The van der Waals surface area contributed by atoms with Gasteiger partial charge in [0.25, 0.3) is 0 Å². The third-order valence-corrected chi connectivity index (χ3v) is 4.95. The van der Waals surface area contributed by atoms with Crippen LogP contribution in [0.4, 0.5) is 0 Å². The van der Waals surface area contributed by atoms with Gasteiger partial charge in [-0.1, -0.05) is 6.07 Å². The van der Waals surface area contributed by atoms with E-state index in [4.69, 9.17) is 9.47 Å². The van der Waals surface area contributed by atoms with E-state index in [1.54, 1.807) is 7.05 Å². The lowest BCUT2D eigenvalue weighted by Crippen LogP contribution is -2.46. The lowest BCUT2D eigenvalue weighted by atomic mass is 9.97. The molecule has 1 saturated carbocycles. The average molecular weight is 488 g/mol. The van der Waals surface area contributed by atoms with Crippen LogP contribution in [0.1, 0.15) is 31.2 Å². The van der Waals surface area contributed by atoms with Crippen LogP contribution in [0.5, 0.6) is 5.88 Å². The van der Waals surface area contributed by atoms with Crippen molar-refractivity contribution in [2.45, 2.75) is 32.2 Å². The molecular formula is C19H29IN4O3. The van der Waals surface area contributed by atoms with Crippen molar-refractivity contribution in [1.29, 1.82) is 0 Å². The van der Waals surface area contributed by atoms with Crippen molar-refractivity contribution >= 4 is 35.9 Å². The summed E-state index contributed by atoms with van der Waals surface area (Å²) in [7, 11) is 3.23. The first-order valence-corrected chi connectivity index (χ1v) is 9.30. The van der Waals surface area contributed by atoms with E-state index in [1.165, 1.54) is 20.0 Å². The molecule has 0 aromatic carbocycles. The summed E-state index contributed by atoms with van der Waals surface area (Å²) in [6.45, 7) is 3.02. The van der Waals surface area contributed by atoms with E-state index in [1.807, 2.05) is 18.3 Å². The number of carbonyl (C=O) groups is 1. The summed E-state index contributed by atoms with van der Waals surface area (Å²) in [5.41, 5.74) is 1.08. The molecule has 0 unspecified atom stereocenters. The Hall–Kier alpha value is -1.58. The van der Waals surface area contributed by atoms with Crippen molar-refractivity contribution in [2.24, 2.45) is 16.8 Å². The minimum Gasteiger partial charge on any atom is -0.477 e. The Balaban J connectivity index is 0.00000261. The number of piperidine rings is 1. The van der Waals surface area contributed by atoms with Gasteiger partial charge in [0.15, 0.2) is 5.96 Å². The molecule has 1 aliphatic carbocycles. The molecular weight excluding hydrogens is 459 g/mol. The molecule has 0 atom stereocenters. The van der Waals surface area contributed by atoms with E-state index in [-0.39, 0.29) is 35.9 Å². The molecule has 27 heavy (non-hydrogen) atoms. The summed E-state index contributed by atoms with van der Waals surface area (Å²) in [6, 6.07) is 3.95. The van der Waals surface area contributed by atoms with E-state index in [2.05, 4.69) is 20.2 Å². The number of methoxy groups -OCH3 is 1. The van der Waals surface area contributed by atoms with Crippen LogP contribution < -0.4 is 10.1 Å². The standard InChI is InChI=1S/C19H28N4O3.HI/c1-20-19(23-9-7-16(8-10-23)18(24)25-2)22-12-15-5-6-17(21-11-15)26-13-14-3-4-14;/h5-6,11,14,16H,3-4,7-10,12-13H2,1-2H3,(H,20,22);1H. The van der Waals surface area contributed by atoms with Crippen molar-refractivity contribution in [3.63, 3.8) is 0 Å². The molecule has 1 N–H and O–H groups in total. The Kier molecular flexibility index (Phi) is 8.59. The summed E-state index contributed by atoms with van der Waals surface area (Å²) < 4.78 is 10.5. The van der Waals surface area contributed by atoms with Gasteiger partial charge < -0.3 is 19.7 Å². The lowest BCUT2D eigenvalue weighted by Gasteiger charge is -2.33. The first-order chi connectivity index (χ1) is 12.7. The number of aromatic nitrogens is 1. The minimum absolute atomic E-state index is 0. The number of carbonyl (C=O) groups excluding carboxylic acids is 1. The van der Waals surface area contributed by atoms with Crippen LogP contribution in [0.25, 0.3) is 0 Å². The second-order valence-corrected chi connectivity index (χ2v) is 6.94. The lowest BCUT2D eigenvalue weighted by molar-refractivity contribution is -0.146. The summed E-state index contributed by atoms with van der Waals surface area (Å²) in [4.78, 5) is 22.5. The Bertz CT molecular complexity index is 626. The normalized spacial score (nSPS) is 17.9. The van der Waals surface area contributed by atoms with Crippen LogP contribution in [0.15, 0.2) is 23.3 Å². The maximum atomic E-state index is 11.6. The number of rotatable bonds is 6. The Morgan fingerprint density at radius 2 is 2.04 bits per heavy atom. The molecule has 0 radical (unpaired) electrons. The highest BCUT2D eigenvalue weighted by atomic mass is 127. The molecule has 0 spiro atoms. The third-order valence-electron chi connectivity index (χ3n) is 4.95. The fourth-order valence-corrected chi connectivity index (χ4v) is 3.10. The predicted molar refractivity (Wildman–Crippen MR) is 114 cm³/mol. The minimum atomic E-state index is -0.109. The molecule has 1 aromatic heterocycles. The monoisotopic (exact) mass is 488 g/mol. The van der Waals surface area contributed by atoms with Gasteiger partial charge in [-0.25, -0.2) is 4.98 Å². The van der Waals surface area contributed by atoms with Gasteiger partial charge in [-0.05, 0) is 37.2 Å². The molecule has 8 heteroatoms. The molecule has 2 aliphatic rings. The van der Waals surface area contributed by atoms with Gasteiger partial charge in [-0.3, -0.25) is 9.79 Å². The van der Waals surface area contributed by atoms with Crippen molar-refractivity contribution in [3.8, 4) is 5.88 Å². The third kappa shape index (κ3) is 6.51. The van der Waals surface area contributed by atoms with Gasteiger partial charge in [0.05, 0.1) is 19.6 Å². The number of esters is 1. The second-order valence-electron chi connectivity index (χ2n) is 6.94. The summed E-state index contributed by atoms with van der Waals surface area (Å²) in [5, 5.41) is 3.37.